The second-order valence-corrected chi connectivity index (χ2v) is 23.2. The Bertz CT molecular complexity index is 1410. The lowest BCUT2D eigenvalue weighted by molar-refractivity contribution is -0.244. The molecule has 4 saturated carbocycles. The van der Waals surface area contributed by atoms with Gasteiger partial charge >= 0.3 is 0 Å². The monoisotopic (exact) mass is 674 g/mol. The van der Waals surface area contributed by atoms with Crippen LogP contribution in [0.25, 0.3) is 0 Å². The van der Waals surface area contributed by atoms with E-state index < -0.39 is 14.1 Å². The summed E-state index contributed by atoms with van der Waals surface area (Å²) in [6.07, 6.45) is 7.27. The van der Waals surface area contributed by atoms with Crippen LogP contribution in [-0.4, -0.2) is 44.6 Å². The van der Waals surface area contributed by atoms with Crippen molar-refractivity contribution in [1.29, 1.82) is 0 Å². The number of benzene rings is 2. The molecule has 2 aromatic rings. The first-order chi connectivity index (χ1) is 22.6. The predicted molar refractivity (Wildman–Crippen MR) is 194 cm³/mol. The van der Waals surface area contributed by atoms with Crippen molar-refractivity contribution in [3.8, 4) is 0 Å². The van der Waals surface area contributed by atoms with Crippen molar-refractivity contribution in [3.63, 3.8) is 0 Å². The van der Waals surface area contributed by atoms with Crippen LogP contribution in [0.2, 0.25) is 18.1 Å². The van der Waals surface area contributed by atoms with Crippen LogP contribution in [0.1, 0.15) is 98.1 Å². The summed E-state index contributed by atoms with van der Waals surface area (Å²) in [5, 5.41) is 0.201. The number of rotatable bonds is 8. The van der Waals surface area contributed by atoms with Crippen molar-refractivity contribution < 1.29 is 23.4 Å². The van der Waals surface area contributed by atoms with Gasteiger partial charge in [-0.15, -0.1) is 0 Å². The molecule has 5 fully saturated rings. The predicted octanol–water partition coefficient (Wildman–Crippen LogP) is 9.94. The maximum Gasteiger partial charge on any atom is 0.192 e. The summed E-state index contributed by atoms with van der Waals surface area (Å²) in [5.41, 5.74) is 2.56. The smallest absolute Gasteiger partial charge is 0.192 e. The minimum Gasteiger partial charge on any atom is -0.413 e. The van der Waals surface area contributed by atoms with Crippen LogP contribution in [0.15, 0.2) is 60.7 Å². The minimum atomic E-state index is -1.91. The van der Waals surface area contributed by atoms with Crippen molar-refractivity contribution in [2.75, 3.05) is 0 Å². The lowest BCUT2D eigenvalue weighted by atomic mass is 9.43. The maximum absolute atomic E-state index is 7.31. The highest BCUT2D eigenvalue weighted by molar-refractivity contribution is 6.74. The van der Waals surface area contributed by atoms with Gasteiger partial charge in [0.15, 0.2) is 14.1 Å². The first kappa shape index (κ1) is 34.9. The molecule has 2 aromatic carbocycles. The van der Waals surface area contributed by atoms with E-state index in [4.69, 9.17) is 23.4 Å². The zero-order valence-electron chi connectivity index (χ0n) is 31.2. The van der Waals surface area contributed by atoms with Gasteiger partial charge in [-0.1, -0.05) is 95.3 Å². The Balaban J connectivity index is 1.22. The molecule has 0 N–H and O–H groups in total. The molecule has 7 rings (SSSR count). The summed E-state index contributed by atoms with van der Waals surface area (Å²) in [6, 6.07) is 21.3. The van der Waals surface area contributed by atoms with Crippen molar-refractivity contribution >= 4 is 8.32 Å². The van der Waals surface area contributed by atoms with Gasteiger partial charge in [-0.25, -0.2) is 0 Å². The largest absolute Gasteiger partial charge is 0.413 e. The highest BCUT2D eigenvalue weighted by atomic mass is 28.4. The fourth-order valence-electron chi connectivity index (χ4n) is 10.8. The Kier molecular flexibility index (Phi) is 9.15. The molecule has 4 aliphatic carbocycles. The fraction of sp³-hybridized carbons (Fsp3) is 0.714. The number of hydrogen-bond donors (Lipinski definition) is 0. The molecule has 6 heteroatoms. The molecule has 1 heterocycles. The van der Waals surface area contributed by atoms with Crippen LogP contribution in [0.4, 0.5) is 0 Å². The third-order valence-corrected chi connectivity index (χ3v) is 18.8. The summed E-state index contributed by atoms with van der Waals surface area (Å²) in [5.74, 6) is 1.17. The van der Waals surface area contributed by atoms with Gasteiger partial charge < -0.3 is 23.4 Å². The number of fused-ring (bicyclic) bond motifs is 8. The zero-order valence-corrected chi connectivity index (χ0v) is 32.2. The molecule has 0 aromatic heterocycles. The van der Waals surface area contributed by atoms with E-state index in [9.17, 15) is 0 Å². The van der Waals surface area contributed by atoms with Gasteiger partial charge in [-0.3, -0.25) is 0 Å². The van der Waals surface area contributed by atoms with Gasteiger partial charge in [-0.2, -0.15) is 0 Å². The van der Waals surface area contributed by atoms with E-state index in [-0.39, 0.29) is 40.3 Å². The topological polar surface area (TPSA) is 46.2 Å². The van der Waals surface area contributed by atoms with E-state index in [1.165, 1.54) is 30.4 Å². The number of hydrogen-bond acceptors (Lipinski definition) is 5. The quantitative estimate of drug-likeness (QED) is 0.261. The normalized spacial score (nSPS) is 40.5. The van der Waals surface area contributed by atoms with Crippen LogP contribution >= 0.6 is 0 Å². The molecule has 0 amide bonds. The Morgan fingerprint density at radius 1 is 0.708 bits per heavy atom. The standard InChI is InChI=1S/C42H62O5Si/c1-39(2,3)48(8,9)47-34-21-20-31-36-32(22-23-41(31,34)6)42(7)33(37-38(36)46-40(4,5)45-37)24-30(43-26-28-16-12-10-13-17-28)25-35(42)44-27-29-18-14-11-15-19-29/h10-19,30-38H,20-27H2,1-9H3/t30?,31?,32?,33?,34?,35?,36?,37?,38?,41-,42+/m0/s1. The third-order valence-electron chi connectivity index (χ3n) is 14.3. The molecule has 1 aliphatic heterocycles. The Hall–Kier alpha value is -1.54. The second-order valence-electron chi connectivity index (χ2n) is 18.5. The average Bonchev–Trinajstić information content (AvgIpc) is 3.54. The summed E-state index contributed by atoms with van der Waals surface area (Å²) in [6.45, 7) is 22.6. The molecule has 264 valence electrons. The molecular weight excluding hydrogens is 613 g/mol. The van der Waals surface area contributed by atoms with Gasteiger partial charge in [0.25, 0.3) is 0 Å². The molecule has 0 radical (unpaired) electrons. The van der Waals surface area contributed by atoms with Crippen molar-refractivity contribution in [2.45, 2.75) is 155 Å². The van der Waals surface area contributed by atoms with Gasteiger partial charge in [-0.05, 0) is 104 Å². The summed E-state index contributed by atoms with van der Waals surface area (Å²) < 4.78 is 35.3. The molecule has 5 aliphatic rings. The van der Waals surface area contributed by atoms with E-state index in [0.717, 1.165) is 19.3 Å². The van der Waals surface area contributed by atoms with E-state index in [1.807, 2.05) is 0 Å². The lowest BCUT2D eigenvalue weighted by Crippen LogP contribution is -2.67. The summed E-state index contributed by atoms with van der Waals surface area (Å²) in [7, 11) is -1.91. The van der Waals surface area contributed by atoms with Crippen molar-refractivity contribution in [1.82, 2.24) is 0 Å². The highest BCUT2D eigenvalue weighted by Gasteiger charge is 2.71. The molecule has 9 unspecified atom stereocenters. The summed E-state index contributed by atoms with van der Waals surface area (Å²) >= 11 is 0. The Labute approximate surface area is 291 Å². The first-order valence-corrected chi connectivity index (χ1v) is 21.9. The van der Waals surface area contributed by atoms with Crippen molar-refractivity contribution in [3.05, 3.63) is 71.8 Å². The van der Waals surface area contributed by atoms with Gasteiger partial charge in [0, 0.05) is 11.8 Å². The van der Waals surface area contributed by atoms with Crippen LogP contribution in [0.5, 0.6) is 0 Å². The highest BCUT2D eigenvalue weighted by Crippen LogP contribution is 2.69. The Morgan fingerprint density at radius 3 is 1.94 bits per heavy atom. The van der Waals surface area contributed by atoms with Gasteiger partial charge in [0.05, 0.1) is 43.7 Å². The summed E-state index contributed by atoms with van der Waals surface area (Å²) in [4.78, 5) is 0. The van der Waals surface area contributed by atoms with Crippen molar-refractivity contribution in [2.24, 2.45) is 34.5 Å². The SMILES string of the molecule is CC1(C)OC2C(O1)C1CC(OCc3ccccc3)CC(OCc3ccccc3)[C@]1(C)C1CC[C@]3(C)C(O[Si](C)(C)C(C)(C)C)CCC3C21. The molecule has 1 saturated heterocycles. The minimum absolute atomic E-state index is 0.0277. The molecule has 5 nitrogen and oxygen atoms in total. The second kappa shape index (κ2) is 12.6. The molecule has 11 atom stereocenters. The maximum atomic E-state index is 7.31. The Morgan fingerprint density at radius 2 is 1.31 bits per heavy atom. The van der Waals surface area contributed by atoms with Gasteiger partial charge in [0.1, 0.15) is 0 Å². The average molecular weight is 675 g/mol. The fourth-order valence-corrected chi connectivity index (χ4v) is 12.2. The van der Waals surface area contributed by atoms with E-state index >= 15 is 0 Å². The third kappa shape index (κ3) is 6.09. The molecular formula is C42H62O5Si. The molecule has 0 spiro atoms. The van der Waals surface area contributed by atoms with Crippen LogP contribution in [0.3, 0.4) is 0 Å². The van der Waals surface area contributed by atoms with E-state index in [0.29, 0.717) is 43.0 Å². The van der Waals surface area contributed by atoms with Crippen LogP contribution < -0.4 is 0 Å². The lowest BCUT2D eigenvalue weighted by Gasteiger charge is -2.65. The number of ether oxygens (including phenoxy) is 4. The van der Waals surface area contributed by atoms with E-state index in [2.05, 4.69) is 122 Å². The first-order valence-electron chi connectivity index (χ1n) is 19.0. The van der Waals surface area contributed by atoms with Crippen LogP contribution in [-0.2, 0) is 36.6 Å². The van der Waals surface area contributed by atoms with E-state index in [1.54, 1.807) is 0 Å². The molecule has 48 heavy (non-hydrogen) atoms. The molecule has 0 bridgehead atoms. The van der Waals surface area contributed by atoms with Gasteiger partial charge in [0.2, 0.25) is 0 Å². The van der Waals surface area contributed by atoms with Crippen LogP contribution in [0, 0.1) is 34.5 Å². The zero-order chi connectivity index (χ0) is 34.1.